The molecule has 4 N–H and O–H groups in total. The molecule has 0 aliphatic carbocycles. The molecule has 1 amide bonds. The van der Waals surface area contributed by atoms with Gasteiger partial charge in [-0.2, -0.15) is 0 Å². The molecule has 2 rings (SSSR count). The molecule has 6 heteroatoms. The third kappa shape index (κ3) is 4.19. The summed E-state index contributed by atoms with van der Waals surface area (Å²) in [6, 6.07) is 9.35. The van der Waals surface area contributed by atoms with E-state index in [2.05, 4.69) is 31.5 Å². The Balaban J connectivity index is 2.17. The fraction of sp³-hybridized carbons (Fsp3) is 0.200. The van der Waals surface area contributed by atoms with Crippen molar-refractivity contribution >= 4 is 38.9 Å². The van der Waals surface area contributed by atoms with Crippen LogP contribution in [-0.4, -0.2) is 10.9 Å². The summed E-state index contributed by atoms with van der Waals surface area (Å²) in [7, 11) is 0. The van der Waals surface area contributed by atoms with E-state index in [-0.39, 0.29) is 11.9 Å². The van der Waals surface area contributed by atoms with E-state index in [9.17, 15) is 4.79 Å². The maximum Gasteiger partial charge on any atom is 0.217 e. The van der Waals surface area contributed by atoms with Crippen molar-refractivity contribution in [1.29, 1.82) is 0 Å². The fourth-order valence-corrected chi connectivity index (χ4v) is 2.35. The second-order valence-electron chi connectivity index (χ2n) is 4.76. The quantitative estimate of drug-likeness (QED) is 0.584. The highest BCUT2D eigenvalue weighted by molar-refractivity contribution is 9.10. The van der Waals surface area contributed by atoms with E-state index >= 15 is 0 Å². The topological polar surface area (TPSA) is 80.0 Å². The minimum absolute atomic E-state index is 0.0649. The van der Waals surface area contributed by atoms with Crippen molar-refractivity contribution in [2.45, 2.75) is 19.9 Å². The standard InChI is InChI=1S/C15H17BrN4O/c1-9(19-10(2)21)11-3-4-14(13(17)7-11)20-12-5-6-18-15(16)8-12/h3-9H,17H2,1-2H3,(H,18,20)(H,19,21)/t9-/m1/s1. The molecule has 21 heavy (non-hydrogen) atoms. The number of hydrogen-bond donors (Lipinski definition) is 3. The number of anilines is 3. The van der Waals surface area contributed by atoms with E-state index in [0.717, 1.165) is 21.5 Å². The maximum atomic E-state index is 11.1. The molecule has 0 aliphatic rings. The molecular weight excluding hydrogens is 332 g/mol. The SMILES string of the molecule is CC(=O)N[C@H](C)c1ccc(Nc2ccnc(Br)c2)c(N)c1. The van der Waals surface area contributed by atoms with Crippen LogP contribution in [0.2, 0.25) is 0 Å². The first kappa shape index (κ1) is 15.3. The zero-order valence-electron chi connectivity index (χ0n) is 11.9. The van der Waals surface area contributed by atoms with E-state index in [1.165, 1.54) is 6.92 Å². The summed E-state index contributed by atoms with van der Waals surface area (Å²) in [6.07, 6.45) is 1.70. The van der Waals surface area contributed by atoms with Gasteiger partial charge in [-0.15, -0.1) is 0 Å². The van der Waals surface area contributed by atoms with Crippen LogP contribution < -0.4 is 16.4 Å². The predicted molar refractivity (Wildman–Crippen MR) is 88.3 cm³/mol. The van der Waals surface area contributed by atoms with Gasteiger partial charge in [-0.05, 0) is 52.7 Å². The third-order valence-electron chi connectivity index (χ3n) is 3.00. The number of nitrogens with one attached hydrogen (secondary N) is 2. The van der Waals surface area contributed by atoms with Crippen LogP contribution in [0.4, 0.5) is 17.1 Å². The lowest BCUT2D eigenvalue weighted by molar-refractivity contribution is -0.119. The second kappa shape index (κ2) is 6.58. The summed E-state index contributed by atoms with van der Waals surface area (Å²) in [5.41, 5.74) is 9.36. The average Bonchev–Trinajstić information content (AvgIpc) is 2.40. The second-order valence-corrected chi connectivity index (χ2v) is 5.57. The number of carbonyl (C=O) groups excluding carboxylic acids is 1. The summed E-state index contributed by atoms with van der Waals surface area (Å²) in [5, 5.41) is 6.07. The smallest absolute Gasteiger partial charge is 0.217 e. The van der Waals surface area contributed by atoms with Crippen molar-refractivity contribution in [3.63, 3.8) is 0 Å². The van der Waals surface area contributed by atoms with Gasteiger partial charge < -0.3 is 16.4 Å². The zero-order chi connectivity index (χ0) is 15.4. The third-order valence-corrected chi connectivity index (χ3v) is 3.43. The summed E-state index contributed by atoms with van der Waals surface area (Å²) < 4.78 is 0.752. The molecule has 0 bridgehead atoms. The number of nitrogen functional groups attached to an aromatic ring is 1. The molecular formula is C15H17BrN4O. The Kier molecular flexibility index (Phi) is 4.80. The van der Waals surface area contributed by atoms with Crippen LogP contribution in [-0.2, 0) is 4.79 Å². The lowest BCUT2D eigenvalue weighted by Crippen LogP contribution is -2.23. The number of rotatable bonds is 4. The average molecular weight is 349 g/mol. The van der Waals surface area contributed by atoms with Crippen LogP contribution in [0.1, 0.15) is 25.5 Å². The highest BCUT2D eigenvalue weighted by Crippen LogP contribution is 2.27. The van der Waals surface area contributed by atoms with Crippen LogP contribution >= 0.6 is 15.9 Å². The summed E-state index contributed by atoms with van der Waals surface area (Å²) in [5.74, 6) is -0.0649. The van der Waals surface area contributed by atoms with Gasteiger partial charge in [0.15, 0.2) is 0 Å². The lowest BCUT2D eigenvalue weighted by Gasteiger charge is -2.16. The van der Waals surface area contributed by atoms with Gasteiger partial charge in [-0.25, -0.2) is 4.98 Å². The van der Waals surface area contributed by atoms with Gasteiger partial charge in [-0.3, -0.25) is 4.79 Å². The van der Waals surface area contributed by atoms with E-state index < -0.39 is 0 Å². The van der Waals surface area contributed by atoms with Crippen LogP contribution in [0.25, 0.3) is 0 Å². The van der Waals surface area contributed by atoms with Crippen molar-refractivity contribution in [2.75, 3.05) is 11.1 Å². The molecule has 0 saturated heterocycles. The minimum atomic E-state index is -0.0751. The first-order valence-corrected chi connectivity index (χ1v) is 7.30. The number of hydrogen-bond acceptors (Lipinski definition) is 4. The lowest BCUT2D eigenvalue weighted by atomic mass is 10.1. The van der Waals surface area contributed by atoms with Gasteiger partial charge in [0, 0.05) is 18.8 Å². The Bertz CT molecular complexity index is 660. The number of halogens is 1. The number of pyridine rings is 1. The molecule has 2 aromatic rings. The van der Waals surface area contributed by atoms with Gasteiger partial charge in [0.1, 0.15) is 4.60 Å². The molecule has 1 atom stereocenters. The number of nitrogens with zero attached hydrogens (tertiary/aromatic N) is 1. The molecule has 0 spiro atoms. The van der Waals surface area contributed by atoms with Crippen LogP contribution in [0.15, 0.2) is 41.1 Å². The normalized spacial score (nSPS) is 11.8. The molecule has 0 saturated carbocycles. The molecule has 0 radical (unpaired) electrons. The van der Waals surface area contributed by atoms with E-state index in [0.29, 0.717) is 5.69 Å². The van der Waals surface area contributed by atoms with E-state index in [1.807, 2.05) is 37.3 Å². The fourth-order valence-electron chi connectivity index (χ4n) is 1.99. The molecule has 0 aliphatic heterocycles. The molecule has 0 unspecified atom stereocenters. The first-order chi connectivity index (χ1) is 9.95. The van der Waals surface area contributed by atoms with Crippen LogP contribution in [0.5, 0.6) is 0 Å². The zero-order valence-corrected chi connectivity index (χ0v) is 13.4. The van der Waals surface area contributed by atoms with Crippen molar-refractivity contribution in [1.82, 2.24) is 10.3 Å². The number of carbonyl (C=O) groups is 1. The highest BCUT2D eigenvalue weighted by Gasteiger charge is 2.09. The maximum absolute atomic E-state index is 11.1. The Labute approximate surface area is 132 Å². The van der Waals surface area contributed by atoms with Crippen molar-refractivity contribution in [3.8, 4) is 0 Å². The Hall–Kier alpha value is -2.08. The minimum Gasteiger partial charge on any atom is -0.397 e. The molecule has 1 aromatic heterocycles. The monoisotopic (exact) mass is 348 g/mol. The summed E-state index contributed by atoms with van der Waals surface area (Å²) in [6.45, 7) is 3.42. The number of aromatic nitrogens is 1. The highest BCUT2D eigenvalue weighted by atomic mass is 79.9. The van der Waals surface area contributed by atoms with Crippen molar-refractivity contribution < 1.29 is 4.79 Å². The molecule has 0 fully saturated rings. The Morgan fingerprint density at radius 3 is 2.71 bits per heavy atom. The van der Waals surface area contributed by atoms with Crippen molar-refractivity contribution in [3.05, 3.63) is 46.7 Å². The Morgan fingerprint density at radius 1 is 1.33 bits per heavy atom. The Morgan fingerprint density at radius 2 is 2.10 bits per heavy atom. The predicted octanol–water partition coefficient (Wildman–Crippen LogP) is 3.37. The van der Waals surface area contributed by atoms with Gasteiger partial charge in [0.25, 0.3) is 0 Å². The van der Waals surface area contributed by atoms with Crippen LogP contribution in [0.3, 0.4) is 0 Å². The van der Waals surface area contributed by atoms with Gasteiger partial charge >= 0.3 is 0 Å². The van der Waals surface area contributed by atoms with Gasteiger partial charge in [-0.1, -0.05) is 6.07 Å². The van der Waals surface area contributed by atoms with E-state index in [1.54, 1.807) is 6.20 Å². The van der Waals surface area contributed by atoms with Gasteiger partial charge in [0.2, 0.25) is 5.91 Å². The number of nitrogens with two attached hydrogens (primary N) is 1. The van der Waals surface area contributed by atoms with Gasteiger partial charge in [0.05, 0.1) is 17.4 Å². The van der Waals surface area contributed by atoms with Crippen molar-refractivity contribution in [2.24, 2.45) is 0 Å². The van der Waals surface area contributed by atoms with E-state index in [4.69, 9.17) is 5.73 Å². The van der Waals surface area contributed by atoms with Crippen LogP contribution in [0, 0.1) is 0 Å². The number of benzene rings is 1. The molecule has 1 aromatic carbocycles. The molecule has 5 nitrogen and oxygen atoms in total. The molecule has 110 valence electrons. The summed E-state index contributed by atoms with van der Waals surface area (Å²) >= 11 is 3.33. The summed E-state index contributed by atoms with van der Waals surface area (Å²) in [4.78, 5) is 15.2. The largest absolute Gasteiger partial charge is 0.397 e. The molecule has 1 heterocycles. The number of amides is 1. The first-order valence-electron chi connectivity index (χ1n) is 6.51.